The molecular formula is C36H28O2. The summed E-state index contributed by atoms with van der Waals surface area (Å²) < 4.78 is 13.1. The Kier molecular flexibility index (Phi) is 4.10. The molecule has 0 radical (unpaired) electrons. The lowest BCUT2D eigenvalue weighted by molar-refractivity contribution is 0.415. The number of benzene rings is 5. The van der Waals surface area contributed by atoms with Crippen LogP contribution in [-0.4, -0.2) is 0 Å². The fraction of sp³-hybridized carbons (Fsp3) is 0.167. The van der Waals surface area contributed by atoms with E-state index in [1.54, 1.807) is 0 Å². The SMILES string of the molecule is CC1(C)c2ccccc2-c2ccc(-c3ccc4c(c3)Oc3c(ccc5c3oc3ccccc35)C4(C)C)cc21. The molecule has 0 N–H and O–H groups in total. The minimum Gasteiger partial charge on any atom is -0.453 e. The molecule has 0 bridgehead atoms. The van der Waals surface area contributed by atoms with Gasteiger partial charge in [0, 0.05) is 32.7 Å². The Morgan fingerprint density at radius 3 is 2.11 bits per heavy atom. The van der Waals surface area contributed by atoms with Gasteiger partial charge in [0.15, 0.2) is 11.3 Å². The number of ether oxygens (including phenoxy) is 1. The van der Waals surface area contributed by atoms with E-state index in [2.05, 4.69) is 113 Å². The van der Waals surface area contributed by atoms with Gasteiger partial charge in [-0.05, 0) is 57.6 Å². The molecule has 1 aromatic heterocycles. The quantitative estimate of drug-likeness (QED) is 0.228. The Balaban J connectivity index is 1.27. The first kappa shape index (κ1) is 21.8. The molecule has 6 aromatic rings. The molecule has 1 aliphatic heterocycles. The number of hydrogen-bond donors (Lipinski definition) is 0. The molecule has 5 aromatic carbocycles. The van der Waals surface area contributed by atoms with Gasteiger partial charge in [0.25, 0.3) is 0 Å². The summed E-state index contributed by atoms with van der Waals surface area (Å²) in [5.74, 6) is 1.73. The summed E-state index contributed by atoms with van der Waals surface area (Å²) in [5.41, 5.74) is 11.7. The first-order valence-corrected chi connectivity index (χ1v) is 13.4. The van der Waals surface area contributed by atoms with Crippen LogP contribution in [0.3, 0.4) is 0 Å². The maximum absolute atomic E-state index is 6.71. The Hall–Kier alpha value is -4.30. The van der Waals surface area contributed by atoms with E-state index in [4.69, 9.17) is 9.15 Å². The lowest BCUT2D eigenvalue weighted by Gasteiger charge is -2.34. The van der Waals surface area contributed by atoms with Gasteiger partial charge in [-0.25, -0.2) is 0 Å². The highest BCUT2D eigenvalue weighted by molar-refractivity contribution is 6.07. The minimum atomic E-state index is -0.212. The fourth-order valence-electron chi connectivity index (χ4n) is 6.80. The summed E-state index contributed by atoms with van der Waals surface area (Å²) in [5, 5.41) is 2.21. The van der Waals surface area contributed by atoms with Gasteiger partial charge in [-0.2, -0.15) is 0 Å². The summed E-state index contributed by atoms with van der Waals surface area (Å²) in [4.78, 5) is 0. The highest BCUT2D eigenvalue weighted by Gasteiger charge is 2.37. The van der Waals surface area contributed by atoms with Crippen LogP contribution in [0.4, 0.5) is 0 Å². The Bertz CT molecular complexity index is 1950. The largest absolute Gasteiger partial charge is 0.453 e. The van der Waals surface area contributed by atoms with Crippen molar-refractivity contribution in [3.8, 4) is 33.8 Å². The van der Waals surface area contributed by atoms with Crippen LogP contribution in [0.5, 0.6) is 11.5 Å². The third-order valence-corrected chi connectivity index (χ3v) is 8.96. The Morgan fingerprint density at radius 2 is 1.21 bits per heavy atom. The van der Waals surface area contributed by atoms with E-state index < -0.39 is 0 Å². The van der Waals surface area contributed by atoms with Crippen LogP contribution >= 0.6 is 0 Å². The predicted octanol–water partition coefficient (Wildman–Crippen LogP) is 9.99. The molecule has 0 fully saturated rings. The molecular weight excluding hydrogens is 464 g/mol. The number of rotatable bonds is 1. The predicted molar refractivity (Wildman–Crippen MR) is 155 cm³/mol. The molecule has 38 heavy (non-hydrogen) atoms. The molecule has 0 unspecified atom stereocenters. The summed E-state index contributed by atoms with van der Waals surface area (Å²) >= 11 is 0. The van der Waals surface area contributed by atoms with E-state index in [9.17, 15) is 0 Å². The van der Waals surface area contributed by atoms with E-state index in [1.165, 1.54) is 33.4 Å². The second-order valence-electron chi connectivity index (χ2n) is 11.8. The molecule has 1 aliphatic carbocycles. The van der Waals surface area contributed by atoms with E-state index in [-0.39, 0.29) is 10.8 Å². The van der Waals surface area contributed by atoms with Gasteiger partial charge < -0.3 is 9.15 Å². The molecule has 0 saturated heterocycles. The maximum Gasteiger partial charge on any atom is 0.178 e. The third kappa shape index (κ3) is 2.73. The molecule has 0 spiro atoms. The van der Waals surface area contributed by atoms with E-state index in [0.717, 1.165) is 44.6 Å². The first-order chi connectivity index (χ1) is 18.3. The zero-order valence-corrected chi connectivity index (χ0v) is 22.1. The van der Waals surface area contributed by atoms with Gasteiger partial charge in [-0.1, -0.05) is 100 Å². The number of hydrogen-bond acceptors (Lipinski definition) is 2. The highest BCUT2D eigenvalue weighted by atomic mass is 16.5. The van der Waals surface area contributed by atoms with Gasteiger partial charge in [-0.3, -0.25) is 0 Å². The van der Waals surface area contributed by atoms with Crippen molar-refractivity contribution in [1.82, 2.24) is 0 Å². The zero-order valence-electron chi connectivity index (χ0n) is 22.1. The first-order valence-electron chi connectivity index (χ1n) is 13.4. The molecule has 0 saturated carbocycles. The summed E-state index contributed by atoms with van der Waals surface area (Å²) in [6, 6.07) is 35.0. The van der Waals surface area contributed by atoms with Crippen LogP contribution in [-0.2, 0) is 10.8 Å². The van der Waals surface area contributed by atoms with E-state index >= 15 is 0 Å². The number of furan rings is 1. The second kappa shape index (κ2) is 7.17. The van der Waals surface area contributed by atoms with Crippen molar-refractivity contribution in [2.24, 2.45) is 0 Å². The van der Waals surface area contributed by atoms with Crippen LogP contribution in [0.2, 0.25) is 0 Å². The average molecular weight is 493 g/mol. The minimum absolute atomic E-state index is 0.0273. The monoisotopic (exact) mass is 492 g/mol. The molecule has 0 amide bonds. The van der Waals surface area contributed by atoms with E-state index in [0.29, 0.717) is 0 Å². The van der Waals surface area contributed by atoms with Gasteiger partial charge in [0.2, 0.25) is 0 Å². The lowest BCUT2D eigenvalue weighted by Crippen LogP contribution is -2.24. The summed E-state index contributed by atoms with van der Waals surface area (Å²) in [7, 11) is 0. The second-order valence-corrected chi connectivity index (χ2v) is 11.8. The highest BCUT2D eigenvalue weighted by Crippen LogP contribution is 2.53. The lowest BCUT2D eigenvalue weighted by atomic mass is 9.75. The van der Waals surface area contributed by atoms with Crippen LogP contribution in [0.15, 0.2) is 101 Å². The van der Waals surface area contributed by atoms with Crippen LogP contribution in [0, 0.1) is 0 Å². The molecule has 2 aliphatic rings. The van der Waals surface area contributed by atoms with Crippen LogP contribution < -0.4 is 4.74 Å². The molecule has 2 heterocycles. The summed E-state index contributed by atoms with van der Waals surface area (Å²) in [6.07, 6.45) is 0. The standard InChI is InChI=1S/C36H28O2/c1-35(2)27-11-7-5-9-23(27)24-15-13-21(19-30(24)35)22-14-17-28-32(20-22)38-34-29(36(28,3)4)18-16-26-25-10-6-8-12-31(25)37-33(26)34/h5-20H,1-4H3. The molecule has 2 nitrogen and oxygen atoms in total. The van der Waals surface area contributed by atoms with Crippen molar-refractivity contribution in [3.05, 3.63) is 119 Å². The van der Waals surface area contributed by atoms with Crippen molar-refractivity contribution < 1.29 is 9.15 Å². The van der Waals surface area contributed by atoms with E-state index in [1.807, 2.05) is 12.1 Å². The van der Waals surface area contributed by atoms with Crippen LogP contribution in [0.1, 0.15) is 49.9 Å². The Morgan fingerprint density at radius 1 is 0.526 bits per heavy atom. The maximum atomic E-state index is 6.71. The van der Waals surface area contributed by atoms with Gasteiger partial charge >= 0.3 is 0 Å². The molecule has 0 atom stereocenters. The third-order valence-electron chi connectivity index (χ3n) is 8.96. The van der Waals surface area contributed by atoms with Gasteiger partial charge in [0.1, 0.15) is 11.3 Å². The van der Waals surface area contributed by atoms with Crippen molar-refractivity contribution in [1.29, 1.82) is 0 Å². The van der Waals surface area contributed by atoms with Crippen molar-refractivity contribution in [3.63, 3.8) is 0 Å². The van der Waals surface area contributed by atoms with Crippen LogP contribution in [0.25, 0.3) is 44.2 Å². The fourth-order valence-corrected chi connectivity index (χ4v) is 6.80. The molecule has 184 valence electrons. The summed E-state index contributed by atoms with van der Waals surface area (Å²) in [6.45, 7) is 9.21. The van der Waals surface area contributed by atoms with Crippen molar-refractivity contribution in [2.75, 3.05) is 0 Å². The smallest absolute Gasteiger partial charge is 0.178 e. The van der Waals surface area contributed by atoms with Crippen molar-refractivity contribution in [2.45, 2.75) is 38.5 Å². The Labute approximate surface area is 222 Å². The van der Waals surface area contributed by atoms with Gasteiger partial charge in [-0.15, -0.1) is 0 Å². The van der Waals surface area contributed by atoms with Crippen molar-refractivity contribution >= 4 is 21.9 Å². The topological polar surface area (TPSA) is 22.4 Å². The number of para-hydroxylation sites is 1. The number of fused-ring (bicyclic) bond motifs is 9. The average Bonchev–Trinajstić information content (AvgIpc) is 3.42. The van der Waals surface area contributed by atoms with Gasteiger partial charge in [0.05, 0.1) is 0 Å². The normalized spacial score (nSPS) is 16.0. The molecule has 2 heteroatoms. The zero-order chi connectivity index (χ0) is 25.8. The molecule has 8 rings (SSSR count).